The number of nitrogens with zero attached hydrogens (tertiary/aromatic N) is 2. The summed E-state index contributed by atoms with van der Waals surface area (Å²) in [6.45, 7) is 1.73. The third-order valence-electron chi connectivity index (χ3n) is 4.09. The van der Waals surface area contributed by atoms with E-state index in [2.05, 4.69) is 5.10 Å². The zero-order chi connectivity index (χ0) is 20.5. The number of hydrogen-bond donors (Lipinski definition) is 0. The molecule has 0 aliphatic rings. The number of aromatic nitrogens is 2. The summed E-state index contributed by atoms with van der Waals surface area (Å²) < 4.78 is 50.9. The van der Waals surface area contributed by atoms with Crippen LogP contribution in [0.5, 0.6) is 0 Å². The molecule has 0 aliphatic carbocycles. The van der Waals surface area contributed by atoms with Crippen molar-refractivity contribution >= 4 is 15.9 Å². The molecule has 5 nitrogen and oxygen atoms in total. The van der Waals surface area contributed by atoms with E-state index in [4.69, 9.17) is 0 Å². The fourth-order valence-electron chi connectivity index (χ4n) is 2.71. The van der Waals surface area contributed by atoms with Gasteiger partial charge in [-0.1, -0.05) is 24.3 Å². The zero-order valence-corrected chi connectivity index (χ0v) is 15.9. The summed E-state index contributed by atoms with van der Waals surface area (Å²) in [5.74, 6) is -2.10. The van der Waals surface area contributed by atoms with Crippen LogP contribution in [0.25, 0.3) is 22.9 Å². The van der Waals surface area contributed by atoms with E-state index in [1.807, 2.05) is 0 Å². The molecule has 144 valence electrons. The van der Waals surface area contributed by atoms with E-state index in [1.165, 1.54) is 24.4 Å². The summed E-state index contributed by atoms with van der Waals surface area (Å²) in [5.41, 5.74) is 0.946. The highest BCUT2D eigenvalue weighted by Gasteiger charge is 2.14. The third kappa shape index (κ3) is 3.77. The van der Waals surface area contributed by atoms with Crippen LogP contribution in [0.4, 0.5) is 8.78 Å². The van der Waals surface area contributed by atoms with E-state index in [0.717, 1.165) is 23.1 Å². The summed E-state index contributed by atoms with van der Waals surface area (Å²) in [5, 5.41) is 4.07. The smallest absolute Gasteiger partial charge is 0.267 e. The van der Waals surface area contributed by atoms with E-state index >= 15 is 0 Å². The molecule has 2 aromatic carbocycles. The van der Waals surface area contributed by atoms with Crippen molar-refractivity contribution in [1.29, 1.82) is 0 Å². The Bertz CT molecular complexity index is 1230. The molecule has 3 rings (SSSR count). The predicted molar refractivity (Wildman–Crippen MR) is 103 cm³/mol. The highest BCUT2D eigenvalue weighted by molar-refractivity contribution is 7.90. The van der Waals surface area contributed by atoms with Crippen LogP contribution in [0, 0.1) is 11.6 Å². The van der Waals surface area contributed by atoms with Gasteiger partial charge < -0.3 is 0 Å². The number of hydrogen-bond acceptors (Lipinski definition) is 4. The van der Waals surface area contributed by atoms with Gasteiger partial charge >= 0.3 is 0 Å². The summed E-state index contributed by atoms with van der Waals surface area (Å²) in [6.07, 6.45) is 5.78. The van der Waals surface area contributed by atoms with Crippen molar-refractivity contribution in [2.24, 2.45) is 0 Å². The van der Waals surface area contributed by atoms with Crippen LogP contribution < -0.4 is 5.56 Å². The minimum atomic E-state index is -3.34. The summed E-state index contributed by atoms with van der Waals surface area (Å²) >= 11 is 0. The van der Waals surface area contributed by atoms with Crippen molar-refractivity contribution in [3.05, 3.63) is 82.3 Å². The van der Waals surface area contributed by atoms with Crippen LogP contribution >= 0.6 is 0 Å². The molecule has 0 N–H and O–H groups in total. The Balaban J connectivity index is 2.17. The van der Waals surface area contributed by atoms with Gasteiger partial charge in [0.2, 0.25) is 0 Å². The van der Waals surface area contributed by atoms with Gasteiger partial charge in [0.05, 0.1) is 22.3 Å². The van der Waals surface area contributed by atoms with Gasteiger partial charge in [0.15, 0.2) is 21.5 Å². The fourth-order valence-corrected chi connectivity index (χ4v) is 3.34. The second-order valence-electron chi connectivity index (χ2n) is 6.08. The molecule has 0 radical (unpaired) electrons. The Labute approximate surface area is 160 Å². The molecule has 0 spiro atoms. The summed E-state index contributed by atoms with van der Waals surface area (Å²) in [7, 11) is -3.34. The molecule has 0 unspecified atom stereocenters. The number of benzene rings is 2. The SMILES string of the molecule is CC=Cc1c(-c2ccc(S(C)(=O)=O)cc2)cnn(-c2ccc(F)c(F)c2)c1=O. The maximum Gasteiger partial charge on any atom is 0.279 e. The molecule has 0 saturated heterocycles. The van der Waals surface area contributed by atoms with Gasteiger partial charge in [0, 0.05) is 17.9 Å². The zero-order valence-electron chi connectivity index (χ0n) is 15.1. The first-order valence-electron chi connectivity index (χ1n) is 8.23. The van der Waals surface area contributed by atoms with Crippen LogP contribution in [0.15, 0.2) is 64.4 Å². The number of sulfone groups is 1. The topological polar surface area (TPSA) is 69.0 Å². The Kier molecular flexibility index (Phi) is 5.24. The lowest BCUT2D eigenvalue weighted by molar-refractivity contribution is 0.507. The first kappa shape index (κ1) is 19.6. The third-order valence-corrected chi connectivity index (χ3v) is 5.22. The highest BCUT2D eigenvalue weighted by Crippen LogP contribution is 2.24. The lowest BCUT2D eigenvalue weighted by Crippen LogP contribution is -2.24. The summed E-state index contributed by atoms with van der Waals surface area (Å²) in [4.78, 5) is 13.1. The first-order chi connectivity index (χ1) is 13.2. The average molecular weight is 402 g/mol. The van der Waals surface area contributed by atoms with E-state index in [0.29, 0.717) is 11.1 Å². The molecule has 0 amide bonds. The maximum absolute atomic E-state index is 13.5. The normalized spacial score (nSPS) is 11.9. The van der Waals surface area contributed by atoms with Crippen LogP contribution in [0.3, 0.4) is 0 Å². The van der Waals surface area contributed by atoms with Gasteiger partial charge in [-0.2, -0.15) is 9.78 Å². The molecular formula is C20H16F2N2O3S. The van der Waals surface area contributed by atoms with Crippen molar-refractivity contribution in [2.75, 3.05) is 6.26 Å². The van der Waals surface area contributed by atoms with Gasteiger partial charge in [-0.15, -0.1) is 0 Å². The Morgan fingerprint density at radius 3 is 2.29 bits per heavy atom. The molecule has 0 aliphatic heterocycles. The standard InChI is InChI=1S/C20H16F2N2O3S/c1-3-4-16-17(13-5-8-15(9-6-13)28(2,26)27)12-23-24(20(16)25)14-7-10-18(21)19(22)11-14/h3-12H,1-2H3. The second kappa shape index (κ2) is 7.47. The Morgan fingerprint density at radius 1 is 1.04 bits per heavy atom. The molecule has 28 heavy (non-hydrogen) atoms. The molecule has 0 atom stereocenters. The van der Waals surface area contributed by atoms with Gasteiger partial charge in [-0.3, -0.25) is 4.79 Å². The van der Waals surface area contributed by atoms with Crippen molar-refractivity contribution in [2.45, 2.75) is 11.8 Å². The fraction of sp³-hybridized carbons (Fsp3) is 0.100. The largest absolute Gasteiger partial charge is 0.279 e. The van der Waals surface area contributed by atoms with Crippen molar-refractivity contribution in [3.63, 3.8) is 0 Å². The number of allylic oxidation sites excluding steroid dienone is 1. The molecule has 8 heteroatoms. The monoisotopic (exact) mass is 402 g/mol. The molecule has 0 bridgehead atoms. The maximum atomic E-state index is 13.5. The Hall–Kier alpha value is -3.13. The number of rotatable bonds is 4. The molecule has 3 aromatic rings. The molecule has 1 heterocycles. The summed E-state index contributed by atoms with van der Waals surface area (Å²) in [6, 6.07) is 9.14. The number of halogens is 2. The van der Waals surface area contributed by atoms with Crippen LogP contribution in [0.1, 0.15) is 12.5 Å². The minimum absolute atomic E-state index is 0.0913. The first-order valence-corrected chi connectivity index (χ1v) is 10.1. The molecule has 0 fully saturated rings. The van der Waals surface area contributed by atoms with Crippen LogP contribution in [0.2, 0.25) is 0 Å². The van der Waals surface area contributed by atoms with Gasteiger partial charge in [-0.25, -0.2) is 17.2 Å². The lowest BCUT2D eigenvalue weighted by atomic mass is 10.0. The molecule has 1 aromatic heterocycles. The van der Waals surface area contributed by atoms with Gasteiger partial charge in [0.25, 0.3) is 5.56 Å². The average Bonchev–Trinajstić information content (AvgIpc) is 2.65. The van der Waals surface area contributed by atoms with Crippen LogP contribution in [-0.4, -0.2) is 24.5 Å². The van der Waals surface area contributed by atoms with E-state index in [1.54, 1.807) is 31.2 Å². The molecule has 0 saturated carbocycles. The van der Waals surface area contributed by atoms with E-state index in [-0.39, 0.29) is 16.1 Å². The van der Waals surface area contributed by atoms with Crippen molar-refractivity contribution in [1.82, 2.24) is 9.78 Å². The second-order valence-corrected chi connectivity index (χ2v) is 8.10. The van der Waals surface area contributed by atoms with E-state index < -0.39 is 27.0 Å². The lowest BCUT2D eigenvalue weighted by Gasteiger charge is -2.11. The van der Waals surface area contributed by atoms with Crippen molar-refractivity contribution in [3.8, 4) is 16.8 Å². The van der Waals surface area contributed by atoms with Gasteiger partial charge in [0.1, 0.15) is 0 Å². The van der Waals surface area contributed by atoms with E-state index in [9.17, 15) is 22.0 Å². The quantitative estimate of drug-likeness (QED) is 0.669. The predicted octanol–water partition coefficient (Wildman–Crippen LogP) is 3.61. The Morgan fingerprint density at radius 2 is 1.71 bits per heavy atom. The highest BCUT2D eigenvalue weighted by atomic mass is 32.2. The van der Waals surface area contributed by atoms with Gasteiger partial charge in [-0.05, 0) is 36.8 Å². The van der Waals surface area contributed by atoms with Crippen LogP contribution in [-0.2, 0) is 9.84 Å². The van der Waals surface area contributed by atoms with Crippen molar-refractivity contribution < 1.29 is 17.2 Å². The minimum Gasteiger partial charge on any atom is -0.267 e. The molecular weight excluding hydrogens is 386 g/mol.